The van der Waals surface area contributed by atoms with E-state index in [1.807, 2.05) is 17.8 Å². The van der Waals surface area contributed by atoms with Crippen molar-refractivity contribution in [2.45, 2.75) is 50.7 Å². The zero-order valence-corrected chi connectivity index (χ0v) is 14.3. The number of nitrogens with one attached hydrogen (secondary N) is 1. The smallest absolute Gasteiger partial charge is 0.123 e. The third kappa shape index (κ3) is 4.36. The third-order valence-corrected chi connectivity index (χ3v) is 5.14. The molecule has 1 aromatic carbocycles. The molecule has 1 aromatic rings. The zero-order chi connectivity index (χ0) is 15.4. The van der Waals surface area contributed by atoms with E-state index < -0.39 is 0 Å². The molecule has 1 aliphatic heterocycles. The van der Waals surface area contributed by atoms with Crippen LogP contribution < -0.4 is 10.2 Å². The van der Waals surface area contributed by atoms with Crippen molar-refractivity contribution in [1.29, 1.82) is 0 Å². The zero-order valence-electron chi connectivity index (χ0n) is 13.5. The Labute approximate surface area is 132 Å². The highest BCUT2D eigenvalue weighted by Gasteiger charge is 2.25. The van der Waals surface area contributed by atoms with Crippen LogP contribution in [0.1, 0.15) is 45.7 Å². The van der Waals surface area contributed by atoms with Crippen molar-refractivity contribution >= 4 is 17.4 Å². The van der Waals surface area contributed by atoms with Crippen molar-refractivity contribution in [2.24, 2.45) is 0 Å². The van der Waals surface area contributed by atoms with Crippen LogP contribution in [0.5, 0.6) is 0 Å². The van der Waals surface area contributed by atoms with Crippen molar-refractivity contribution in [2.75, 3.05) is 24.5 Å². The van der Waals surface area contributed by atoms with Gasteiger partial charge in [0.1, 0.15) is 5.82 Å². The predicted molar refractivity (Wildman–Crippen MR) is 91.8 cm³/mol. The fourth-order valence-electron chi connectivity index (χ4n) is 3.01. The summed E-state index contributed by atoms with van der Waals surface area (Å²) in [5, 5.41) is 4.71. The second kappa shape index (κ2) is 7.50. The van der Waals surface area contributed by atoms with Gasteiger partial charge in [-0.15, -0.1) is 0 Å². The van der Waals surface area contributed by atoms with Crippen molar-refractivity contribution in [3.8, 4) is 0 Å². The van der Waals surface area contributed by atoms with E-state index in [0.717, 1.165) is 31.6 Å². The van der Waals surface area contributed by atoms with Gasteiger partial charge in [0, 0.05) is 35.3 Å². The van der Waals surface area contributed by atoms with Gasteiger partial charge in [-0.3, -0.25) is 0 Å². The van der Waals surface area contributed by atoms with Gasteiger partial charge in [-0.2, -0.15) is 11.8 Å². The van der Waals surface area contributed by atoms with Crippen LogP contribution in [0, 0.1) is 5.82 Å². The molecular weight excluding hydrogens is 283 g/mol. The van der Waals surface area contributed by atoms with Crippen molar-refractivity contribution in [1.82, 2.24) is 5.32 Å². The maximum Gasteiger partial charge on any atom is 0.123 e. The van der Waals surface area contributed by atoms with E-state index in [0.29, 0.717) is 10.5 Å². The molecule has 1 aliphatic rings. The SMILES string of the molecule is CCCNC(C)c1cc(F)ccc1N1CC(C)SC(C)C1. The van der Waals surface area contributed by atoms with Crippen molar-refractivity contribution < 1.29 is 4.39 Å². The molecule has 0 bridgehead atoms. The first-order chi connectivity index (χ1) is 10.0. The maximum absolute atomic E-state index is 13.7. The lowest BCUT2D eigenvalue weighted by Gasteiger charge is -2.38. The van der Waals surface area contributed by atoms with Gasteiger partial charge < -0.3 is 10.2 Å². The Kier molecular flexibility index (Phi) is 5.94. The van der Waals surface area contributed by atoms with Gasteiger partial charge in [0.15, 0.2) is 0 Å². The monoisotopic (exact) mass is 310 g/mol. The maximum atomic E-state index is 13.7. The van der Waals surface area contributed by atoms with Gasteiger partial charge >= 0.3 is 0 Å². The fourth-order valence-corrected chi connectivity index (χ4v) is 4.33. The van der Waals surface area contributed by atoms with Gasteiger partial charge in [0.2, 0.25) is 0 Å². The molecule has 4 heteroatoms. The number of nitrogens with zero attached hydrogens (tertiary/aromatic N) is 1. The Hall–Kier alpha value is -0.740. The Morgan fingerprint density at radius 2 is 2.00 bits per heavy atom. The van der Waals surface area contributed by atoms with Gasteiger partial charge in [-0.1, -0.05) is 20.8 Å². The molecule has 1 heterocycles. The molecular formula is C17H27FN2S. The molecule has 3 unspecified atom stereocenters. The minimum Gasteiger partial charge on any atom is -0.369 e. The van der Waals surface area contributed by atoms with Crippen molar-refractivity contribution in [3.05, 3.63) is 29.6 Å². The molecule has 0 spiro atoms. The second-order valence-corrected chi connectivity index (χ2v) is 7.92. The van der Waals surface area contributed by atoms with E-state index in [2.05, 4.69) is 37.9 Å². The van der Waals surface area contributed by atoms with Crippen LogP contribution in [0.15, 0.2) is 18.2 Å². The summed E-state index contributed by atoms with van der Waals surface area (Å²) in [6, 6.07) is 5.41. The van der Waals surface area contributed by atoms with Gasteiger partial charge in [-0.05, 0) is 43.7 Å². The number of rotatable bonds is 5. The molecule has 21 heavy (non-hydrogen) atoms. The minimum absolute atomic E-state index is 0.147. The Morgan fingerprint density at radius 1 is 1.33 bits per heavy atom. The number of thioether (sulfide) groups is 1. The molecule has 1 saturated heterocycles. The second-order valence-electron chi connectivity index (χ2n) is 6.04. The highest BCUT2D eigenvalue weighted by atomic mass is 32.2. The summed E-state index contributed by atoms with van der Waals surface area (Å²) in [5.41, 5.74) is 2.27. The van der Waals surface area contributed by atoms with Crippen LogP contribution in [0.4, 0.5) is 10.1 Å². The van der Waals surface area contributed by atoms with Crippen LogP contribution in [-0.4, -0.2) is 30.1 Å². The average molecular weight is 310 g/mol. The summed E-state index contributed by atoms with van der Waals surface area (Å²) < 4.78 is 13.7. The highest BCUT2D eigenvalue weighted by molar-refractivity contribution is 8.00. The van der Waals surface area contributed by atoms with E-state index >= 15 is 0 Å². The predicted octanol–water partition coefficient (Wildman–Crippen LogP) is 4.22. The normalized spacial score (nSPS) is 24.1. The lowest BCUT2D eigenvalue weighted by molar-refractivity contribution is 0.559. The molecule has 0 saturated carbocycles. The summed E-state index contributed by atoms with van der Waals surface area (Å²) in [4.78, 5) is 2.42. The lowest BCUT2D eigenvalue weighted by atomic mass is 10.0. The molecule has 0 amide bonds. The van der Waals surface area contributed by atoms with Crippen LogP contribution in [0.3, 0.4) is 0 Å². The van der Waals surface area contributed by atoms with E-state index in [4.69, 9.17) is 0 Å². The topological polar surface area (TPSA) is 15.3 Å². The molecule has 2 rings (SSSR count). The van der Waals surface area contributed by atoms with E-state index in [-0.39, 0.29) is 11.9 Å². The number of benzene rings is 1. The Bertz CT molecular complexity index is 456. The number of anilines is 1. The lowest BCUT2D eigenvalue weighted by Crippen LogP contribution is -2.41. The summed E-state index contributed by atoms with van der Waals surface area (Å²) in [5.74, 6) is -0.147. The van der Waals surface area contributed by atoms with Crippen LogP contribution in [-0.2, 0) is 0 Å². The molecule has 0 radical (unpaired) electrons. The summed E-state index contributed by atoms with van der Waals surface area (Å²) in [6.07, 6.45) is 1.09. The van der Waals surface area contributed by atoms with Gasteiger partial charge in [-0.25, -0.2) is 4.39 Å². The number of halogens is 1. The molecule has 1 fully saturated rings. The van der Waals surface area contributed by atoms with Crippen LogP contribution in [0.25, 0.3) is 0 Å². The summed E-state index contributed by atoms with van der Waals surface area (Å²) in [7, 11) is 0. The molecule has 0 aliphatic carbocycles. The molecule has 1 N–H and O–H groups in total. The van der Waals surface area contributed by atoms with Gasteiger partial charge in [0.05, 0.1) is 0 Å². The molecule has 3 atom stereocenters. The van der Waals surface area contributed by atoms with Crippen molar-refractivity contribution in [3.63, 3.8) is 0 Å². The Morgan fingerprint density at radius 3 is 2.62 bits per heavy atom. The first-order valence-electron chi connectivity index (χ1n) is 7.94. The molecule has 2 nitrogen and oxygen atoms in total. The van der Waals surface area contributed by atoms with E-state index in [9.17, 15) is 4.39 Å². The Balaban J connectivity index is 2.25. The van der Waals surface area contributed by atoms with Crippen LogP contribution in [0.2, 0.25) is 0 Å². The average Bonchev–Trinajstić information content (AvgIpc) is 2.43. The van der Waals surface area contributed by atoms with Crippen LogP contribution >= 0.6 is 11.8 Å². The largest absolute Gasteiger partial charge is 0.369 e. The van der Waals surface area contributed by atoms with E-state index in [1.54, 1.807) is 12.1 Å². The van der Waals surface area contributed by atoms with E-state index in [1.165, 1.54) is 5.69 Å². The third-order valence-electron chi connectivity index (χ3n) is 3.92. The minimum atomic E-state index is -0.147. The van der Waals surface area contributed by atoms with Gasteiger partial charge in [0.25, 0.3) is 0 Å². The summed E-state index contributed by atoms with van der Waals surface area (Å²) in [6.45, 7) is 11.9. The highest BCUT2D eigenvalue weighted by Crippen LogP contribution is 2.33. The number of hydrogen-bond acceptors (Lipinski definition) is 3. The number of hydrogen-bond donors (Lipinski definition) is 1. The molecule has 118 valence electrons. The molecule has 0 aromatic heterocycles. The standard InChI is InChI=1S/C17H27FN2S/c1-5-8-19-14(4)16-9-15(18)6-7-17(16)20-10-12(2)21-13(3)11-20/h6-7,9,12-14,19H,5,8,10-11H2,1-4H3. The fraction of sp³-hybridized carbons (Fsp3) is 0.647. The first-order valence-corrected chi connectivity index (χ1v) is 8.88. The quantitative estimate of drug-likeness (QED) is 0.877. The first kappa shape index (κ1) is 16.6. The summed E-state index contributed by atoms with van der Waals surface area (Å²) >= 11 is 2.04.